The summed E-state index contributed by atoms with van der Waals surface area (Å²) in [5.74, 6) is -1.02. The number of amides is 2. The van der Waals surface area contributed by atoms with E-state index in [1.54, 1.807) is 4.57 Å². The molecule has 0 radical (unpaired) electrons. The van der Waals surface area contributed by atoms with Gasteiger partial charge in [0.25, 0.3) is 11.8 Å². The second kappa shape index (κ2) is 8.83. The molecular weight excluding hydrogens is 638 g/mol. The lowest BCUT2D eigenvalue weighted by Gasteiger charge is -2.42. The van der Waals surface area contributed by atoms with Crippen LogP contribution in [0.4, 0.5) is 0 Å². The van der Waals surface area contributed by atoms with Crippen molar-refractivity contribution in [2.75, 3.05) is 13.7 Å². The standard InChI is InChI=1S/C27H21Br2N3O7/c1-38-24-13(8-33)39-27(23(35)22(24)34)32-20-10(5-3-7-12(20)29)15-17-16(25(36)31-26(17)37)14-9-4-2-6-11(28)18(9)30-19(14)21(15)32/h2-7,13,22-24,27,30,33-35H,8H2,1H3,(H,31,36,37)/t13-,22+,23-,24-,27+/m0/s1. The van der Waals surface area contributed by atoms with E-state index < -0.39 is 49.1 Å². The summed E-state index contributed by atoms with van der Waals surface area (Å²) in [6, 6.07) is 11.0. The molecule has 0 spiro atoms. The Morgan fingerprint density at radius 1 is 0.923 bits per heavy atom. The topological polar surface area (TPSA) is 146 Å². The lowest BCUT2D eigenvalue weighted by Crippen LogP contribution is -2.57. The first kappa shape index (κ1) is 25.1. The molecular formula is C27H21Br2N3O7. The van der Waals surface area contributed by atoms with Gasteiger partial charge < -0.3 is 34.3 Å². The van der Waals surface area contributed by atoms with Crippen LogP contribution in [-0.4, -0.2) is 74.8 Å². The van der Waals surface area contributed by atoms with Crippen molar-refractivity contribution in [1.82, 2.24) is 14.9 Å². The van der Waals surface area contributed by atoms with Crippen LogP contribution in [0.25, 0.3) is 43.6 Å². The molecule has 12 heteroatoms. The van der Waals surface area contributed by atoms with E-state index in [2.05, 4.69) is 42.2 Å². The van der Waals surface area contributed by atoms with Crippen molar-refractivity contribution in [3.8, 4) is 0 Å². The molecule has 39 heavy (non-hydrogen) atoms. The number of fused-ring (bicyclic) bond motifs is 10. The molecule has 0 bridgehead atoms. The minimum absolute atomic E-state index is 0.226. The van der Waals surface area contributed by atoms with Crippen LogP contribution in [0.5, 0.6) is 0 Å². The Bertz CT molecular complexity index is 1880. The second-order valence-corrected chi connectivity index (χ2v) is 11.4. The van der Waals surface area contributed by atoms with Crippen molar-refractivity contribution in [1.29, 1.82) is 0 Å². The number of aromatic nitrogens is 2. The average Bonchev–Trinajstić information content (AvgIpc) is 3.56. The van der Waals surface area contributed by atoms with Crippen molar-refractivity contribution < 1.29 is 34.4 Å². The Morgan fingerprint density at radius 3 is 2.28 bits per heavy atom. The summed E-state index contributed by atoms with van der Waals surface area (Å²) in [6.45, 7) is -0.460. The molecule has 200 valence electrons. The summed E-state index contributed by atoms with van der Waals surface area (Å²) in [5, 5.41) is 37.3. The molecule has 0 unspecified atom stereocenters. The summed E-state index contributed by atoms with van der Waals surface area (Å²) in [7, 11) is 1.37. The zero-order valence-corrected chi connectivity index (χ0v) is 23.4. The lowest BCUT2D eigenvalue weighted by molar-refractivity contribution is -0.255. The molecule has 5 N–H and O–H groups in total. The number of nitrogens with one attached hydrogen (secondary N) is 2. The number of rotatable bonds is 3. The number of carbonyl (C=O) groups is 2. The quantitative estimate of drug-likeness (QED) is 0.187. The smallest absolute Gasteiger partial charge is 0.259 e. The molecule has 5 atom stereocenters. The SMILES string of the molecule is CO[C@@H]1[C@H](O)[C@H](O)[C@H](n2c3c(Br)cccc3c3c4c(c5c6cccc(Br)c6[nH]c5c32)C(=O)NC4=O)O[C@H]1CO. The van der Waals surface area contributed by atoms with Gasteiger partial charge in [-0.25, -0.2) is 0 Å². The number of halogens is 2. The number of hydrogen-bond donors (Lipinski definition) is 5. The Balaban J connectivity index is 1.71. The number of carbonyl (C=O) groups excluding carboxylic acids is 2. The predicted octanol–water partition coefficient (Wildman–Crippen LogP) is 3.46. The highest BCUT2D eigenvalue weighted by Gasteiger charge is 2.47. The van der Waals surface area contributed by atoms with Crippen LogP contribution in [0, 0.1) is 0 Å². The van der Waals surface area contributed by atoms with E-state index in [9.17, 15) is 24.9 Å². The van der Waals surface area contributed by atoms with Gasteiger partial charge in [-0.3, -0.25) is 14.9 Å². The first-order chi connectivity index (χ1) is 18.8. The summed E-state index contributed by atoms with van der Waals surface area (Å²) in [4.78, 5) is 30.0. The van der Waals surface area contributed by atoms with Crippen molar-refractivity contribution in [3.05, 3.63) is 56.5 Å². The van der Waals surface area contributed by atoms with Crippen LogP contribution >= 0.6 is 31.9 Å². The van der Waals surface area contributed by atoms with Gasteiger partial charge in [-0.2, -0.15) is 0 Å². The first-order valence-electron chi connectivity index (χ1n) is 12.2. The van der Waals surface area contributed by atoms with Crippen molar-refractivity contribution in [2.45, 2.75) is 30.6 Å². The van der Waals surface area contributed by atoms with Crippen LogP contribution in [0.15, 0.2) is 45.3 Å². The van der Waals surface area contributed by atoms with Crippen LogP contribution in [-0.2, 0) is 9.47 Å². The molecule has 3 aromatic carbocycles. The van der Waals surface area contributed by atoms with E-state index in [0.29, 0.717) is 37.2 Å². The van der Waals surface area contributed by atoms with Gasteiger partial charge in [-0.15, -0.1) is 0 Å². The van der Waals surface area contributed by atoms with Gasteiger partial charge in [-0.05, 0) is 44.0 Å². The van der Waals surface area contributed by atoms with Gasteiger partial charge in [-0.1, -0.05) is 24.3 Å². The summed E-state index contributed by atoms with van der Waals surface area (Å²) in [5.41, 5.74) is 2.85. The molecule has 2 aliphatic heterocycles. The van der Waals surface area contributed by atoms with E-state index >= 15 is 0 Å². The highest BCUT2D eigenvalue weighted by Crippen LogP contribution is 2.48. The largest absolute Gasteiger partial charge is 0.394 e. The van der Waals surface area contributed by atoms with Crippen molar-refractivity contribution in [3.63, 3.8) is 0 Å². The monoisotopic (exact) mass is 657 g/mol. The van der Waals surface area contributed by atoms with Gasteiger partial charge in [0.2, 0.25) is 0 Å². The van der Waals surface area contributed by atoms with Gasteiger partial charge in [0.1, 0.15) is 24.4 Å². The maximum Gasteiger partial charge on any atom is 0.259 e. The molecule has 1 fully saturated rings. The number of ether oxygens (including phenoxy) is 2. The Hall–Kier alpha value is -2.84. The predicted molar refractivity (Wildman–Crippen MR) is 150 cm³/mol. The van der Waals surface area contributed by atoms with Crippen molar-refractivity contribution >= 4 is 87.3 Å². The third-order valence-electron chi connectivity index (χ3n) is 7.79. The fraction of sp³-hybridized carbons (Fsp3) is 0.259. The number of aliphatic hydroxyl groups excluding tert-OH is 3. The van der Waals surface area contributed by atoms with E-state index in [4.69, 9.17) is 9.47 Å². The normalized spacial score (nSPS) is 25.3. The average molecular weight is 659 g/mol. The van der Waals surface area contributed by atoms with Crippen LogP contribution in [0.2, 0.25) is 0 Å². The second-order valence-electron chi connectivity index (χ2n) is 9.73. The molecule has 10 nitrogen and oxygen atoms in total. The summed E-state index contributed by atoms with van der Waals surface area (Å²) >= 11 is 7.21. The molecule has 0 saturated carbocycles. The minimum Gasteiger partial charge on any atom is -0.394 e. The van der Waals surface area contributed by atoms with Crippen LogP contribution in [0.3, 0.4) is 0 Å². The maximum absolute atomic E-state index is 13.3. The van der Waals surface area contributed by atoms with E-state index in [1.807, 2.05) is 36.4 Å². The Morgan fingerprint density at radius 2 is 1.59 bits per heavy atom. The fourth-order valence-electron chi connectivity index (χ4n) is 6.20. The number of H-pyrrole nitrogens is 1. The molecule has 2 aromatic heterocycles. The van der Waals surface area contributed by atoms with Crippen LogP contribution < -0.4 is 5.32 Å². The van der Waals surface area contributed by atoms with Gasteiger partial charge >= 0.3 is 0 Å². The molecule has 4 heterocycles. The fourth-order valence-corrected chi connectivity index (χ4v) is 7.22. The number of benzene rings is 3. The Labute approximate surface area is 236 Å². The first-order valence-corrected chi connectivity index (χ1v) is 13.8. The van der Waals surface area contributed by atoms with E-state index in [-0.39, 0.29) is 11.1 Å². The number of hydrogen-bond acceptors (Lipinski definition) is 7. The molecule has 1 saturated heterocycles. The van der Waals surface area contributed by atoms with Crippen molar-refractivity contribution in [2.24, 2.45) is 0 Å². The number of aliphatic hydroxyl groups is 3. The maximum atomic E-state index is 13.3. The molecule has 7 rings (SSSR count). The number of para-hydroxylation sites is 2. The highest BCUT2D eigenvalue weighted by molar-refractivity contribution is 9.11. The van der Waals surface area contributed by atoms with Gasteiger partial charge in [0.15, 0.2) is 6.23 Å². The summed E-state index contributed by atoms with van der Waals surface area (Å²) < 4.78 is 14.7. The van der Waals surface area contributed by atoms with Gasteiger partial charge in [0.05, 0.1) is 39.8 Å². The summed E-state index contributed by atoms with van der Waals surface area (Å²) in [6.07, 6.45) is -5.93. The van der Waals surface area contributed by atoms with E-state index in [0.717, 1.165) is 15.4 Å². The highest BCUT2D eigenvalue weighted by atomic mass is 79.9. The van der Waals surface area contributed by atoms with Gasteiger partial charge in [0, 0.05) is 37.6 Å². The molecule has 2 amide bonds. The zero-order chi connectivity index (χ0) is 27.3. The Kier molecular flexibility index (Phi) is 5.69. The zero-order valence-electron chi connectivity index (χ0n) is 20.2. The number of imide groups is 1. The number of nitrogens with zero attached hydrogens (tertiary/aromatic N) is 1. The molecule has 5 aromatic rings. The number of methoxy groups -OCH3 is 1. The third-order valence-corrected chi connectivity index (χ3v) is 9.09. The van der Waals surface area contributed by atoms with Crippen LogP contribution in [0.1, 0.15) is 26.9 Å². The molecule has 0 aliphatic carbocycles. The third kappa shape index (κ3) is 3.24. The molecule has 2 aliphatic rings. The number of aromatic amines is 1. The van der Waals surface area contributed by atoms with E-state index in [1.165, 1.54) is 7.11 Å². The lowest BCUT2D eigenvalue weighted by atomic mass is 9.96. The minimum atomic E-state index is -1.46.